The number of nitrogens with one attached hydrogen (secondary N) is 1. The van der Waals surface area contributed by atoms with Gasteiger partial charge in [0.15, 0.2) is 0 Å². The van der Waals surface area contributed by atoms with Crippen molar-refractivity contribution in [1.82, 2.24) is 5.32 Å². The predicted molar refractivity (Wildman–Crippen MR) is 127 cm³/mol. The molecule has 0 aliphatic carbocycles. The third kappa shape index (κ3) is 5.06. The summed E-state index contributed by atoms with van der Waals surface area (Å²) in [7, 11) is 2.65. The van der Waals surface area contributed by atoms with Gasteiger partial charge >= 0.3 is 5.97 Å². The van der Waals surface area contributed by atoms with Crippen LogP contribution in [-0.2, 0) is 26.2 Å². The highest BCUT2D eigenvalue weighted by atomic mass is 16.6. The molecule has 1 N–H and O–H groups in total. The van der Waals surface area contributed by atoms with Gasteiger partial charge in [-0.25, -0.2) is 4.79 Å². The quantitative estimate of drug-likeness (QED) is 0.294. The average Bonchev–Trinajstić information content (AvgIpc) is 2.88. The maximum Gasteiger partial charge on any atom is 0.328 e. The Balaban J connectivity index is 2.00. The zero-order valence-electron chi connectivity index (χ0n) is 19.2. The molecule has 3 aromatic carbocycles. The van der Waals surface area contributed by atoms with E-state index in [0.717, 1.165) is 11.1 Å². The second kappa shape index (κ2) is 10.6. The molecule has 0 heterocycles. The van der Waals surface area contributed by atoms with E-state index in [0.29, 0.717) is 11.3 Å². The standard InChI is InChI=1S/C26H26N2O6/c1-26(19-10-6-4-7-11-19,20-12-8-5-9-13-20)25(30)27-22(24(29)34-3)17-18-16-21(28(31)32)14-15-23(18)33-2/h4-16,22H,17H2,1-3H3,(H,27,30)/t22-/m1/s1. The van der Waals surface area contributed by atoms with Gasteiger partial charge in [0.1, 0.15) is 11.8 Å². The largest absolute Gasteiger partial charge is 0.496 e. The summed E-state index contributed by atoms with van der Waals surface area (Å²) in [6.07, 6.45) is -0.0527. The maximum absolute atomic E-state index is 13.8. The van der Waals surface area contributed by atoms with E-state index in [1.807, 2.05) is 60.7 Å². The molecule has 0 bridgehead atoms. The van der Waals surface area contributed by atoms with Crippen molar-refractivity contribution in [2.75, 3.05) is 14.2 Å². The Hall–Kier alpha value is -4.20. The first-order valence-corrected chi connectivity index (χ1v) is 10.6. The van der Waals surface area contributed by atoms with Gasteiger partial charge in [-0.05, 0) is 24.1 Å². The van der Waals surface area contributed by atoms with Crippen molar-refractivity contribution >= 4 is 17.6 Å². The highest BCUT2D eigenvalue weighted by molar-refractivity contribution is 5.94. The number of nitro groups is 1. The fraction of sp³-hybridized carbons (Fsp3) is 0.231. The summed E-state index contributed by atoms with van der Waals surface area (Å²) in [5.74, 6) is -0.724. The molecule has 0 unspecified atom stereocenters. The van der Waals surface area contributed by atoms with E-state index in [9.17, 15) is 19.7 Å². The first kappa shape index (κ1) is 24.4. The Bertz CT molecular complexity index is 1120. The van der Waals surface area contributed by atoms with Crippen LogP contribution in [0.4, 0.5) is 5.69 Å². The van der Waals surface area contributed by atoms with Crippen molar-refractivity contribution < 1.29 is 24.0 Å². The molecule has 0 spiro atoms. The number of nitro benzene ring substituents is 1. The number of rotatable bonds is 9. The molecule has 0 saturated carbocycles. The fourth-order valence-corrected chi connectivity index (χ4v) is 3.87. The summed E-state index contributed by atoms with van der Waals surface area (Å²) < 4.78 is 10.3. The van der Waals surface area contributed by atoms with Gasteiger partial charge in [-0.1, -0.05) is 60.7 Å². The number of carbonyl (C=O) groups excluding carboxylic acids is 2. The molecule has 0 aromatic heterocycles. The summed E-state index contributed by atoms with van der Waals surface area (Å²) in [5.41, 5.74) is 0.629. The van der Waals surface area contributed by atoms with Crippen molar-refractivity contribution in [2.24, 2.45) is 0 Å². The molecule has 3 rings (SSSR count). The van der Waals surface area contributed by atoms with Crippen LogP contribution in [0.25, 0.3) is 0 Å². The van der Waals surface area contributed by atoms with E-state index in [-0.39, 0.29) is 12.1 Å². The van der Waals surface area contributed by atoms with Crippen molar-refractivity contribution in [2.45, 2.75) is 24.8 Å². The lowest BCUT2D eigenvalue weighted by molar-refractivity contribution is -0.384. The number of methoxy groups -OCH3 is 2. The van der Waals surface area contributed by atoms with Gasteiger partial charge in [0.2, 0.25) is 5.91 Å². The summed E-state index contributed by atoms with van der Waals surface area (Å²) in [6.45, 7) is 1.79. The topological polar surface area (TPSA) is 108 Å². The van der Waals surface area contributed by atoms with E-state index in [1.165, 1.54) is 32.4 Å². The monoisotopic (exact) mass is 462 g/mol. The van der Waals surface area contributed by atoms with Crippen molar-refractivity contribution in [3.8, 4) is 5.75 Å². The Morgan fingerprint density at radius 3 is 2.00 bits per heavy atom. The van der Waals surface area contributed by atoms with Gasteiger partial charge in [-0.15, -0.1) is 0 Å². The Labute approximate surface area is 197 Å². The molecule has 0 aliphatic rings. The molecule has 1 amide bonds. The lowest BCUT2D eigenvalue weighted by Crippen LogP contribution is -2.51. The zero-order chi connectivity index (χ0) is 24.7. The maximum atomic E-state index is 13.8. The van der Waals surface area contributed by atoms with Crippen LogP contribution < -0.4 is 10.1 Å². The van der Waals surface area contributed by atoms with Gasteiger partial charge < -0.3 is 14.8 Å². The molecule has 8 nitrogen and oxygen atoms in total. The van der Waals surface area contributed by atoms with Crippen LogP contribution in [0.15, 0.2) is 78.9 Å². The van der Waals surface area contributed by atoms with Crippen LogP contribution in [0.5, 0.6) is 5.75 Å². The number of hydrogen-bond donors (Lipinski definition) is 1. The first-order valence-electron chi connectivity index (χ1n) is 10.6. The second-order valence-corrected chi connectivity index (χ2v) is 7.86. The van der Waals surface area contributed by atoms with E-state index in [4.69, 9.17) is 9.47 Å². The smallest absolute Gasteiger partial charge is 0.328 e. The molecule has 176 valence electrons. The summed E-state index contributed by atoms with van der Waals surface area (Å²) >= 11 is 0. The Kier molecular flexibility index (Phi) is 7.63. The molecular formula is C26H26N2O6. The average molecular weight is 463 g/mol. The number of non-ortho nitro benzene ring substituents is 1. The lowest BCUT2D eigenvalue weighted by atomic mass is 9.75. The first-order chi connectivity index (χ1) is 16.3. The highest BCUT2D eigenvalue weighted by Crippen LogP contribution is 2.33. The number of benzene rings is 3. The molecule has 0 aliphatic heterocycles. The molecule has 0 fully saturated rings. The molecular weight excluding hydrogens is 436 g/mol. The van der Waals surface area contributed by atoms with Crippen molar-refractivity contribution in [3.05, 3.63) is 106 Å². The number of hydrogen-bond acceptors (Lipinski definition) is 6. The van der Waals surface area contributed by atoms with Gasteiger partial charge in [0, 0.05) is 24.1 Å². The van der Waals surface area contributed by atoms with Gasteiger partial charge in [0.25, 0.3) is 5.69 Å². The number of ether oxygens (including phenoxy) is 2. The summed E-state index contributed by atoms with van der Waals surface area (Å²) in [5, 5.41) is 14.1. The SMILES string of the molecule is COC(=O)[C@@H](Cc1cc([N+](=O)[O-])ccc1OC)NC(=O)C(C)(c1ccccc1)c1ccccc1. The fourth-order valence-electron chi connectivity index (χ4n) is 3.87. The van der Waals surface area contributed by atoms with Crippen molar-refractivity contribution in [1.29, 1.82) is 0 Å². The van der Waals surface area contributed by atoms with Gasteiger partial charge in [-0.2, -0.15) is 0 Å². The summed E-state index contributed by atoms with van der Waals surface area (Å²) in [4.78, 5) is 37.1. The Morgan fingerprint density at radius 1 is 0.971 bits per heavy atom. The number of esters is 1. The van der Waals surface area contributed by atoms with Gasteiger partial charge in [-0.3, -0.25) is 14.9 Å². The lowest BCUT2D eigenvalue weighted by Gasteiger charge is -2.31. The zero-order valence-corrected chi connectivity index (χ0v) is 19.2. The molecule has 1 atom stereocenters. The van der Waals surface area contributed by atoms with Crippen LogP contribution in [0, 0.1) is 10.1 Å². The van der Waals surface area contributed by atoms with E-state index < -0.39 is 28.3 Å². The number of nitrogens with zero attached hydrogens (tertiary/aromatic N) is 1. The van der Waals surface area contributed by atoms with Crippen LogP contribution in [0.1, 0.15) is 23.6 Å². The van der Waals surface area contributed by atoms with E-state index in [1.54, 1.807) is 6.92 Å². The van der Waals surface area contributed by atoms with E-state index >= 15 is 0 Å². The molecule has 3 aromatic rings. The minimum atomic E-state index is -1.11. The molecule has 0 radical (unpaired) electrons. The van der Waals surface area contributed by atoms with Crippen LogP contribution >= 0.6 is 0 Å². The Morgan fingerprint density at radius 2 is 1.53 bits per heavy atom. The van der Waals surface area contributed by atoms with Crippen LogP contribution in [-0.4, -0.2) is 37.1 Å². The second-order valence-electron chi connectivity index (χ2n) is 7.86. The minimum absolute atomic E-state index is 0.0527. The normalized spacial score (nSPS) is 11.9. The van der Waals surface area contributed by atoms with Crippen LogP contribution in [0.2, 0.25) is 0 Å². The minimum Gasteiger partial charge on any atom is -0.496 e. The van der Waals surface area contributed by atoms with Crippen LogP contribution in [0.3, 0.4) is 0 Å². The van der Waals surface area contributed by atoms with E-state index in [2.05, 4.69) is 5.32 Å². The highest BCUT2D eigenvalue weighted by Gasteiger charge is 2.39. The number of amides is 1. The molecule has 0 saturated heterocycles. The third-order valence-electron chi connectivity index (χ3n) is 5.85. The third-order valence-corrected chi connectivity index (χ3v) is 5.85. The molecule has 8 heteroatoms. The van der Waals surface area contributed by atoms with Gasteiger partial charge in [0.05, 0.1) is 24.6 Å². The summed E-state index contributed by atoms with van der Waals surface area (Å²) in [6, 6.07) is 21.5. The predicted octanol–water partition coefficient (Wildman–Crippen LogP) is 3.81. The number of carbonyl (C=O) groups is 2. The van der Waals surface area contributed by atoms with Crippen molar-refractivity contribution in [3.63, 3.8) is 0 Å². The molecule has 34 heavy (non-hydrogen) atoms.